The molecule has 0 fully saturated rings. The minimum absolute atomic E-state index is 0.111. The molecule has 0 aliphatic rings. The zero-order valence-corrected chi connectivity index (χ0v) is 12.4. The van der Waals surface area contributed by atoms with E-state index in [-0.39, 0.29) is 6.04 Å². The van der Waals surface area contributed by atoms with Crippen molar-refractivity contribution in [3.05, 3.63) is 71.7 Å². The van der Waals surface area contributed by atoms with E-state index < -0.39 is 0 Å². The summed E-state index contributed by atoms with van der Waals surface area (Å²) in [6.45, 7) is 5.04. The normalized spacial score (nSPS) is 12.5. The Kier molecular flexibility index (Phi) is 3.93. The minimum atomic E-state index is 0.111. The van der Waals surface area contributed by atoms with Crippen LogP contribution in [0.4, 0.5) is 0 Å². The monoisotopic (exact) mass is 277 g/mol. The molecule has 1 aromatic carbocycles. The van der Waals surface area contributed by atoms with Gasteiger partial charge in [-0.05, 0) is 49.4 Å². The van der Waals surface area contributed by atoms with Gasteiger partial charge in [-0.1, -0.05) is 25.1 Å². The molecule has 1 atom stereocenters. The molecule has 1 unspecified atom stereocenters. The molecule has 0 amide bonds. The van der Waals surface area contributed by atoms with Gasteiger partial charge in [0.05, 0.1) is 17.3 Å². The Morgan fingerprint density at radius 2 is 2.00 bits per heavy atom. The lowest BCUT2D eigenvalue weighted by Crippen LogP contribution is -2.23. The van der Waals surface area contributed by atoms with Crippen LogP contribution < -0.4 is 5.32 Å². The zero-order valence-electron chi connectivity index (χ0n) is 12.4. The van der Waals surface area contributed by atoms with Crippen LogP contribution in [0.15, 0.2) is 54.7 Å². The van der Waals surface area contributed by atoms with Crippen LogP contribution >= 0.6 is 0 Å². The Bertz CT molecular complexity index is 752. The van der Waals surface area contributed by atoms with Gasteiger partial charge < -0.3 is 5.32 Å². The molecule has 0 aliphatic carbocycles. The van der Waals surface area contributed by atoms with Crippen molar-refractivity contribution in [2.45, 2.75) is 19.9 Å². The third-order valence-corrected chi connectivity index (χ3v) is 3.57. The number of rotatable bonds is 4. The highest BCUT2D eigenvalue weighted by Gasteiger charge is 2.14. The van der Waals surface area contributed by atoms with E-state index in [2.05, 4.69) is 58.6 Å². The molecule has 21 heavy (non-hydrogen) atoms. The highest BCUT2D eigenvalue weighted by molar-refractivity contribution is 5.79. The summed E-state index contributed by atoms with van der Waals surface area (Å²) in [6.07, 6.45) is 1.83. The van der Waals surface area contributed by atoms with Gasteiger partial charge in [-0.3, -0.25) is 9.97 Å². The molecule has 106 valence electrons. The molecule has 2 aromatic heterocycles. The average molecular weight is 277 g/mol. The first kappa shape index (κ1) is 13.7. The lowest BCUT2D eigenvalue weighted by atomic mass is 10.0. The number of hydrogen-bond donors (Lipinski definition) is 1. The van der Waals surface area contributed by atoms with Crippen molar-refractivity contribution in [1.29, 1.82) is 0 Å². The molecule has 1 N–H and O–H groups in total. The highest BCUT2D eigenvalue weighted by Crippen LogP contribution is 2.24. The van der Waals surface area contributed by atoms with Crippen LogP contribution in [-0.4, -0.2) is 16.5 Å². The van der Waals surface area contributed by atoms with Gasteiger partial charge in [-0.15, -0.1) is 0 Å². The van der Waals surface area contributed by atoms with E-state index in [0.717, 1.165) is 28.8 Å². The van der Waals surface area contributed by atoms with Crippen LogP contribution in [-0.2, 0) is 0 Å². The Hall–Kier alpha value is -2.26. The third-order valence-electron chi connectivity index (χ3n) is 3.57. The number of aryl methyl sites for hydroxylation is 1. The number of nitrogens with one attached hydrogen (secondary N) is 1. The summed E-state index contributed by atoms with van der Waals surface area (Å²) in [5.41, 5.74) is 4.34. The summed E-state index contributed by atoms with van der Waals surface area (Å²) in [7, 11) is 0. The molecule has 3 heteroatoms. The van der Waals surface area contributed by atoms with Crippen molar-refractivity contribution in [1.82, 2.24) is 15.3 Å². The van der Waals surface area contributed by atoms with E-state index in [9.17, 15) is 0 Å². The summed E-state index contributed by atoms with van der Waals surface area (Å²) >= 11 is 0. The van der Waals surface area contributed by atoms with E-state index in [4.69, 9.17) is 0 Å². The number of aromatic nitrogens is 2. The Morgan fingerprint density at radius 3 is 2.81 bits per heavy atom. The molecular formula is C18H19N3. The smallest absolute Gasteiger partial charge is 0.0751 e. The van der Waals surface area contributed by atoms with Gasteiger partial charge in [0, 0.05) is 17.3 Å². The average Bonchev–Trinajstić information content (AvgIpc) is 2.52. The predicted octanol–water partition coefficient (Wildman–Crippen LogP) is 3.64. The Labute approximate surface area is 125 Å². The van der Waals surface area contributed by atoms with Gasteiger partial charge in [0.1, 0.15) is 0 Å². The minimum Gasteiger partial charge on any atom is -0.305 e. The first-order chi connectivity index (χ1) is 10.3. The molecule has 3 rings (SSSR count). The maximum atomic E-state index is 4.67. The summed E-state index contributed by atoms with van der Waals surface area (Å²) in [4.78, 5) is 9.05. The SMILES string of the molecule is CCNC(c1ccc2ncccc2c1)c1cccc(C)n1. The fraction of sp³-hybridized carbons (Fsp3) is 0.222. The molecule has 3 nitrogen and oxygen atoms in total. The molecule has 0 bridgehead atoms. The maximum Gasteiger partial charge on any atom is 0.0751 e. The standard InChI is InChI=1S/C18H19N3/c1-3-19-18(17-8-4-6-13(2)21-17)15-9-10-16-14(12-15)7-5-11-20-16/h4-12,18-19H,3H2,1-2H3. The van der Waals surface area contributed by atoms with Gasteiger partial charge in [-0.25, -0.2) is 0 Å². The van der Waals surface area contributed by atoms with Gasteiger partial charge >= 0.3 is 0 Å². The van der Waals surface area contributed by atoms with Gasteiger partial charge in [0.25, 0.3) is 0 Å². The van der Waals surface area contributed by atoms with Crippen LogP contribution in [0.1, 0.15) is 29.9 Å². The fourth-order valence-electron chi connectivity index (χ4n) is 2.60. The van der Waals surface area contributed by atoms with Crippen LogP contribution in [0.2, 0.25) is 0 Å². The number of nitrogens with zero attached hydrogens (tertiary/aromatic N) is 2. The van der Waals surface area contributed by atoms with Crippen LogP contribution in [0, 0.1) is 6.92 Å². The molecule has 0 saturated carbocycles. The zero-order chi connectivity index (χ0) is 14.7. The van der Waals surface area contributed by atoms with Crippen molar-refractivity contribution in [2.75, 3.05) is 6.54 Å². The van der Waals surface area contributed by atoms with E-state index in [1.807, 2.05) is 25.3 Å². The molecule has 0 aliphatic heterocycles. The van der Waals surface area contributed by atoms with Crippen molar-refractivity contribution < 1.29 is 0 Å². The summed E-state index contributed by atoms with van der Waals surface area (Å²) in [5.74, 6) is 0. The maximum absolute atomic E-state index is 4.67. The fourth-order valence-corrected chi connectivity index (χ4v) is 2.60. The molecule has 3 aromatic rings. The largest absolute Gasteiger partial charge is 0.305 e. The second kappa shape index (κ2) is 6.02. The van der Waals surface area contributed by atoms with E-state index in [1.54, 1.807) is 0 Å². The Balaban J connectivity index is 2.06. The third kappa shape index (κ3) is 2.93. The number of benzene rings is 1. The second-order valence-electron chi connectivity index (χ2n) is 5.15. The van der Waals surface area contributed by atoms with E-state index in [0.29, 0.717) is 0 Å². The van der Waals surface area contributed by atoms with E-state index in [1.165, 1.54) is 5.56 Å². The number of fused-ring (bicyclic) bond motifs is 1. The van der Waals surface area contributed by atoms with Gasteiger partial charge in [-0.2, -0.15) is 0 Å². The van der Waals surface area contributed by atoms with Gasteiger partial charge in [0.2, 0.25) is 0 Å². The molecular weight excluding hydrogens is 258 g/mol. The lowest BCUT2D eigenvalue weighted by molar-refractivity contribution is 0.614. The summed E-state index contributed by atoms with van der Waals surface area (Å²) in [6, 6.07) is 16.7. The molecule has 0 radical (unpaired) electrons. The van der Waals surface area contributed by atoms with Crippen molar-refractivity contribution in [2.24, 2.45) is 0 Å². The van der Waals surface area contributed by atoms with Crippen LogP contribution in [0.3, 0.4) is 0 Å². The second-order valence-corrected chi connectivity index (χ2v) is 5.15. The van der Waals surface area contributed by atoms with Crippen molar-refractivity contribution >= 4 is 10.9 Å². The summed E-state index contributed by atoms with van der Waals surface area (Å²) in [5, 5.41) is 4.68. The molecule has 2 heterocycles. The first-order valence-electron chi connectivity index (χ1n) is 7.29. The Morgan fingerprint density at radius 1 is 1.10 bits per heavy atom. The molecule has 0 saturated heterocycles. The van der Waals surface area contributed by atoms with Crippen molar-refractivity contribution in [3.8, 4) is 0 Å². The van der Waals surface area contributed by atoms with Crippen LogP contribution in [0.25, 0.3) is 10.9 Å². The number of pyridine rings is 2. The summed E-state index contributed by atoms with van der Waals surface area (Å²) < 4.78 is 0. The lowest BCUT2D eigenvalue weighted by Gasteiger charge is -2.18. The number of hydrogen-bond acceptors (Lipinski definition) is 3. The van der Waals surface area contributed by atoms with Crippen LogP contribution in [0.5, 0.6) is 0 Å². The van der Waals surface area contributed by atoms with E-state index >= 15 is 0 Å². The highest BCUT2D eigenvalue weighted by atomic mass is 14.9. The predicted molar refractivity (Wildman–Crippen MR) is 86.2 cm³/mol. The van der Waals surface area contributed by atoms with Crippen molar-refractivity contribution in [3.63, 3.8) is 0 Å². The van der Waals surface area contributed by atoms with Gasteiger partial charge in [0.15, 0.2) is 0 Å². The molecule has 0 spiro atoms. The quantitative estimate of drug-likeness (QED) is 0.791. The first-order valence-corrected chi connectivity index (χ1v) is 7.29. The topological polar surface area (TPSA) is 37.8 Å².